The van der Waals surface area contributed by atoms with Gasteiger partial charge in [-0.05, 0) is 55.3 Å². The second-order valence-electron chi connectivity index (χ2n) is 6.27. The SMILES string of the molecule is O=C(Nc1ccc(F)cc1Cl)[C@H]1CCCN(S(=O)(=O)c2ccc(Cl)cc2)C1. The maximum atomic E-state index is 13.1. The van der Waals surface area contributed by atoms with Crippen molar-refractivity contribution in [3.8, 4) is 0 Å². The first-order valence-electron chi connectivity index (χ1n) is 8.29. The van der Waals surface area contributed by atoms with Gasteiger partial charge in [0.25, 0.3) is 0 Å². The van der Waals surface area contributed by atoms with E-state index in [0.717, 1.165) is 6.07 Å². The van der Waals surface area contributed by atoms with Crippen molar-refractivity contribution in [2.75, 3.05) is 18.4 Å². The molecule has 0 saturated carbocycles. The van der Waals surface area contributed by atoms with Gasteiger partial charge in [-0.3, -0.25) is 4.79 Å². The normalized spacial score (nSPS) is 18.3. The van der Waals surface area contributed by atoms with Gasteiger partial charge in [-0.1, -0.05) is 23.2 Å². The van der Waals surface area contributed by atoms with Crippen LogP contribution in [0.25, 0.3) is 0 Å². The zero-order valence-corrected chi connectivity index (χ0v) is 16.5. The van der Waals surface area contributed by atoms with Gasteiger partial charge in [0, 0.05) is 18.1 Å². The number of rotatable bonds is 4. The van der Waals surface area contributed by atoms with Crippen LogP contribution in [0.1, 0.15) is 12.8 Å². The maximum absolute atomic E-state index is 13.1. The Morgan fingerprint density at radius 2 is 1.85 bits per heavy atom. The molecule has 1 amide bonds. The van der Waals surface area contributed by atoms with Gasteiger partial charge in [-0.25, -0.2) is 12.8 Å². The van der Waals surface area contributed by atoms with Crippen LogP contribution in [0.15, 0.2) is 47.4 Å². The van der Waals surface area contributed by atoms with Crippen LogP contribution in [0.4, 0.5) is 10.1 Å². The van der Waals surface area contributed by atoms with Crippen LogP contribution >= 0.6 is 23.2 Å². The fraction of sp³-hybridized carbons (Fsp3) is 0.278. The van der Waals surface area contributed by atoms with E-state index in [2.05, 4.69) is 5.32 Å². The molecule has 1 saturated heterocycles. The van der Waals surface area contributed by atoms with Gasteiger partial charge in [0.1, 0.15) is 5.82 Å². The fourth-order valence-corrected chi connectivity index (χ4v) is 4.82. The lowest BCUT2D eigenvalue weighted by molar-refractivity contribution is -0.120. The van der Waals surface area contributed by atoms with E-state index >= 15 is 0 Å². The molecule has 1 aliphatic rings. The average Bonchev–Trinajstić information content (AvgIpc) is 2.64. The number of carbonyl (C=O) groups excluding carboxylic acids is 1. The van der Waals surface area contributed by atoms with Crippen molar-refractivity contribution in [1.29, 1.82) is 0 Å². The van der Waals surface area contributed by atoms with Crippen molar-refractivity contribution in [2.24, 2.45) is 5.92 Å². The predicted molar refractivity (Wildman–Crippen MR) is 103 cm³/mol. The standard InChI is InChI=1S/C18H17Cl2FN2O3S/c19-13-3-6-15(7-4-13)27(25,26)23-9-1-2-12(11-23)18(24)22-17-8-5-14(21)10-16(17)20/h3-8,10,12H,1-2,9,11H2,(H,22,24)/t12-/m0/s1. The number of anilines is 1. The molecule has 0 spiro atoms. The molecule has 3 rings (SSSR count). The van der Waals surface area contributed by atoms with E-state index in [4.69, 9.17) is 23.2 Å². The number of piperidine rings is 1. The summed E-state index contributed by atoms with van der Waals surface area (Å²) in [4.78, 5) is 12.7. The van der Waals surface area contributed by atoms with Gasteiger partial charge < -0.3 is 5.32 Å². The highest BCUT2D eigenvalue weighted by atomic mass is 35.5. The first kappa shape index (κ1) is 20.1. The van der Waals surface area contributed by atoms with E-state index in [9.17, 15) is 17.6 Å². The molecular formula is C18H17Cl2FN2O3S. The molecule has 5 nitrogen and oxygen atoms in total. The average molecular weight is 431 g/mol. The minimum Gasteiger partial charge on any atom is -0.324 e. The van der Waals surface area contributed by atoms with Crippen molar-refractivity contribution in [3.05, 3.63) is 58.3 Å². The molecule has 0 radical (unpaired) electrons. The van der Waals surface area contributed by atoms with Crippen molar-refractivity contribution in [1.82, 2.24) is 4.31 Å². The van der Waals surface area contributed by atoms with Gasteiger partial charge in [-0.15, -0.1) is 0 Å². The topological polar surface area (TPSA) is 66.5 Å². The molecule has 0 aromatic heterocycles. The van der Waals surface area contributed by atoms with E-state index < -0.39 is 21.8 Å². The van der Waals surface area contributed by atoms with Gasteiger partial charge in [0.05, 0.1) is 21.5 Å². The second kappa shape index (κ2) is 8.14. The Morgan fingerprint density at radius 1 is 1.15 bits per heavy atom. The Morgan fingerprint density at radius 3 is 2.52 bits per heavy atom. The third kappa shape index (κ3) is 4.60. The van der Waals surface area contributed by atoms with Crippen LogP contribution in [0.2, 0.25) is 10.0 Å². The molecule has 0 unspecified atom stereocenters. The summed E-state index contributed by atoms with van der Waals surface area (Å²) in [6.07, 6.45) is 1.11. The summed E-state index contributed by atoms with van der Waals surface area (Å²) < 4.78 is 40.0. The highest BCUT2D eigenvalue weighted by molar-refractivity contribution is 7.89. The van der Waals surface area contributed by atoms with Crippen LogP contribution in [-0.2, 0) is 14.8 Å². The molecule has 9 heteroatoms. The lowest BCUT2D eigenvalue weighted by Gasteiger charge is -2.31. The molecular weight excluding hydrogens is 414 g/mol. The number of hydrogen-bond donors (Lipinski definition) is 1. The minimum atomic E-state index is -3.71. The number of halogens is 3. The molecule has 1 atom stereocenters. The fourth-order valence-electron chi connectivity index (χ4n) is 2.96. The first-order chi connectivity index (χ1) is 12.8. The molecule has 1 N–H and O–H groups in total. The molecule has 144 valence electrons. The van der Waals surface area contributed by atoms with Gasteiger partial charge in [-0.2, -0.15) is 4.31 Å². The van der Waals surface area contributed by atoms with Crippen LogP contribution in [0, 0.1) is 11.7 Å². The maximum Gasteiger partial charge on any atom is 0.243 e. The molecule has 27 heavy (non-hydrogen) atoms. The highest BCUT2D eigenvalue weighted by Crippen LogP contribution is 2.27. The summed E-state index contributed by atoms with van der Waals surface area (Å²) in [5, 5.41) is 3.18. The number of hydrogen-bond acceptors (Lipinski definition) is 3. The van der Waals surface area contributed by atoms with Gasteiger partial charge in [0.2, 0.25) is 15.9 Å². The van der Waals surface area contributed by atoms with Crippen LogP contribution in [-0.4, -0.2) is 31.7 Å². The van der Waals surface area contributed by atoms with Crippen molar-refractivity contribution in [3.63, 3.8) is 0 Å². The number of nitrogens with zero attached hydrogens (tertiary/aromatic N) is 1. The third-order valence-electron chi connectivity index (χ3n) is 4.40. The second-order valence-corrected chi connectivity index (χ2v) is 9.05. The Kier molecular flexibility index (Phi) is 6.05. The Bertz CT molecular complexity index is 952. The Balaban J connectivity index is 1.73. The number of carbonyl (C=O) groups is 1. The minimum absolute atomic E-state index is 0.0651. The van der Waals surface area contributed by atoms with E-state index in [1.807, 2.05) is 0 Å². The molecule has 0 bridgehead atoms. The zero-order valence-electron chi connectivity index (χ0n) is 14.2. The third-order valence-corrected chi connectivity index (χ3v) is 6.84. The molecule has 1 aliphatic heterocycles. The lowest BCUT2D eigenvalue weighted by Crippen LogP contribution is -2.43. The van der Waals surface area contributed by atoms with E-state index in [0.29, 0.717) is 30.1 Å². The molecule has 0 aliphatic carbocycles. The first-order valence-corrected chi connectivity index (χ1v) is 10.5. The van der Waals surface area contributed by atoms with E-state index in [1.54, 1.807) is 0 Å². The Labute approximate surface area is 167 Å². The van der Waals surface area contributed by atoms with Crippen molar-refractivity contribution < 1.29 is 17.6 Å². The summed E-state index contributed by atoms with van der Waals surface area (Å²) in [6.45, 7) is 0.404. The number of benzene rings is 2. The van der Waals surface area contributed by atoms with E-state index in [1.165, 1.54) is 40.7 Å². The number of nitrogens with one attached hydrogen (secondary N) is 1. The number of sulfonamides is 1. The molecule has 1 heterocycles. The molecule has 2 aromatic carbocycles. The van der Waals surface area contributed by atoms with Crippen LogP contribution in [0.5, 0.6) is 0 Å². The van der Waals surface area contributed by atoms with Gasteiger partial charge >= 0.3 is 0 Å². The summed E-state index contributed by atoms with van der Waals surface area (Å²) in [5.74, 6) is -1.38. The molecule has 2 aromatic rings. The predicted octanol–water partition coefficient (Wildman–Crippen LogP) is 4.17. The largest absolute Gasteiger partial charge is 0.324 e. The summed E-state index contributed by atoms with van der Waals surface area (Å²) in [6, 6.07) is 9.59. The van der Waals surface area contributed by atoms with E-state index in [-0.39, 0.29) is 22.4 Å². The van der Waals surface area contributed by atoms with Crippen LogP contribution < -0.4 is 5.32 Å². The van der Waals surface area contributed by atoms with Crippen molar-refractivity contribution >= 4 is 44.8 Å². The lowest BCUT2D eigenvalue weighted by atomic mass is 9.98. The zero-order chi connectivity index (χ0) is 19.6. The quantitative estimate of drug-likeness (QED) is 0.790. The monoisotopic (exact) mass is 430 g/mol. The Hall–Kier alpha value is -1.67. The number of amides is 1. The molecule has 1 fully saturated rings. The summed E-state index contributed by atoms with van der Waals surface area (Å²) in [7, 11) is -3.71. The summed E-state index contributed by atoms with van der Waals surface area (Å²) >= 11 is 11.8. The van der Waals surface area contributed by atoms with Gasteiger partial charge in [0.15, 0.2) is 0 Å². The summed E-state index contributed by atoms with van der Waals surface area (Å²) in [5.41, 5.74) is 0.292. The highest BCUT2D eigenvalue weighted by Gasteiger charge is 2.33. The van der Waals surface area contributed by atoms with Crippen molar-refractivity contribution in [2.45, 2.75) is 17.7 Å². The smallest absolute Gasteiger partial charge is 0.243 e. The van der Waals surface area contributed by atoms with Crippen LogP contribution in [0.3, 0.4) is 0 Å².